The van der Waals surface area contributed by atoms with Crippen molar-refractivity contribution in [2.24, 2.45) is 0 Å². The standard InChI is InChI=1S/C20H21N3O4/c24-19(13-23-8-7-14-3-1-2-4-15(14)12-23)22-20(25)21-16-5-6-17-18(11-16)27-10-9-26-17/h1-6,11H,7-10,12-13H2,(H2,21,22,24,25)/p+1. The summed E-state index contributed by atoms with van der Waals surface area (Å²) >= 11 is 0. The van der Waals surface area contributed by atoms with Gasteiger partial charge in [-0.2, -0.15) is 0 Å². The second kappa shape index (κ2) is 7.67. The first kappa shape index (κ1) is 17.4. The van der Waals surface area contributed by atoms with Gasteiger partial charge < -0.3 is 19.7 Å². The number of carbonyl (C=O) groups is 2. The van der Waals surface area contributed by atoms with E-state index in [4.69, 9.17) is 9.47 Å². The summed E-state index contributed by atoms with van der Waals surface area (Å²) in [6.07, 6.45) is 0.947. The molecule has 0 fully saturated rings. The normalized spacial score (nSPS) is 17.6. The van der Waals surface area contributed by atoms with Crippen molar-refractivity contribution in [3.8, 4) is 11.5 Å². The SMILES string of the molecule is O=C(C[NH+]1CCc2ccccc2C1)NC(=O)Nc1ccc2c(c1)OCCO2. The minimum atomic E-state index is -0.548. The third-order valence-corrected chi connectivity index (χ3v) is 4.77. The van der Waals surface area contributed by atoms with Gasteiger partial charge >= 0.3 is 6.03 Å². The Morgan fingerprint density at radius 1 is 1.00 bits per heavy atom. The lowest BCUT2D eigenvalue weighted by Crippen LogP contribution is -3.13. The molecular formula is C20H22N3O4+. The van der Waals surface area contributed by atoms with Crippen molar-refractivity contribution in [3.05, 3.63) is 53.6 Å². The van der Waals surface area contributed by atoms with E-state index in [2.05, 4.69) is 22.8 Å². The second-order valence-corrected chi connectivity index (χ2v) is 6.73. The van der Waals surface area contributed by atoms with Gasteiger partial charge in [0, 0.05) is 23.7 Å². The number of hydrogen-bond acceptors (Lipinski definition) is 4. The molecule has 2 aromatic carbocycles. The Morgan fingerprint density at radius 2 is 1.78 bits per heavy atom. The number of ether oxygens (including phenoxy) is 2. The lowest BCUT2D eigenvalue weighted by atomic mass is 10.00. The molecule has 7 nitrogen and oxygen atoms in total. The van der Waals surface area contributed by atoms with Gasteiger partial charge in [0.1, 0.15) is 19.8 Å². The van der Waals surface area contributed by atoms with E-state index in [1.807, 2.05) is 12.1 Å². The summed E-state index contributed by atoms with van der Waals surface area (Å²) in [6.45, 7) is 2.94. The van der Waals surface area contributed by atoms with Gasteiger partial charge in [-0.1, -0.05) is 24.3 Å². The zero-order chi connectivity index (χ0) is 18.6. The minimum Gasteiger partial charge on any atom is -0.486 e. The number of quaternary nitrogens is 1. The Bertz CT molecular complexity index is 868. The molecule has 27 heavy (non-hydrogen) atoms. The van der Waals surface area contributed by atoms with E-state index in [0.717, 1.165) is 24.4 Å². The van der Waals surface area contributed by atoms with Gasteiger partial charge in [-0.15, -0.1) is 0 Å². The highest BCUT2D eigenvalue weighted by Gasteiger charge is 2.22. The fourth-order valence-electron chi connectivity index (χ4n) is 3.48. The first-order valence-corrected chi connectivity index (χ1v) is 9.08. The molecule has 2 aromatic rings. The van der Waals surface area contributed by atoms with Crippen molar-refractivity contribution in [2.45, 2.75) is 13.0 Å². The van der Waals surface area contributed by atoms with E-state index < -0.39 is 6.03 Å². The summed E-state index contributed by atoms with van der Waals surface area (Å²) in [6, 6.07) is 12.9. The van der Waals surface area contributed by atoms with Crippen LogP contribution in [0.5, 0.6) is 11.5 Å². The largest absolute Gasteiger partial charge is 0.486 e. The fraction of sp³-hybridized carbons (Fsp3) is 0.300. The maximum atomic E-state index is 12.2. The van der Waals surface area contributed by atoms with Crippen molar-refractivity contribution >= 4 is 17.6 Å². The molecule has 2 aliphatic rings. The molecule has 3 N–H and O–H groups in total. The van der Waals surface area contributed by atoms with Crippen LogP contribution < -0.4 is 25.0 Å². The Labute approximate surface area is 157 Å². The summed E-state index contributed by atoms with van der Waals surface area (Å²) in [5.74, 6) is 0.943. The number of benzene rings is 2. The lowest BCUT2D eigenvalue weighted by Gasteiger charge is -2.25. The number of fused-ring (bicyclic) bond motifs is 2. The molecule has 0 spiro atoms. The number of urea groups is 1. The Balaban J connectivity index is 1.29. The third kappa shape index (κ3) is 4.20. The minimum absolute atomic E-state index is 0.267. The molecule has 4 rings (SSSR count). The number of nitrogens with one attached hydrogen (secondary N) is 3. The van der Waals surface area contributed by atoms with Gasteiger partial charge in [-0.25, -0.2) is 4.79 Å². The van der Waals surface area contributed by atoms with Crippen LogP contribution in [0.2, 0.25) is 0 Å². The molecule has 0 saturated carbocycles. The highest BCUT2D eigenvalue weighted by Crippen LogP contribution is 2.32. The van der Waals surface area contributed by atoms with Crippen LogP contribution in [0.4, 0.5) is 10.5 Å². The van der Waals surface area contributed by atoms with E-state index in [9.17, 15) is 9.59 Å². The number of imide groups is 1. The van der Waals surface area contributed by atoms with Crippen molar-refractivity contribution in [1.82, 2.24) is 5.32 Å². The van der Waals surface area contributed by atoms with Gasteiger partial charge in [0.25, 0.3) is 5.91 Å². The highest BCUT2D eigenvalue weighted by molar-refractivity contribution is 6.01. The maximum Gasteiger partial charge on any atom is 0.326 e. The molecule has 2 heterocycles. The van der Waals surface area contributed by atoms with Gasteiger partial charge in [0.15, 0.2) is 18.0 Å². The lowest BCUT2D eigenvalue weighted by molar-refractivity contribution is -0.908. The van der Waals surface area contributed by atoms with Crippen LogP contribution >= 0.6 is 0 Å². The molecule has 3 amide bonds. The van der Waals surface area contributed by atoms with Gasteiger partial charge in [0.2, 0.25) is 0 Å². The maximum absolute atomic E-state index is 12.2. The van der Waals surface area contributed by atoms with Crippen LogP contribution in [-0.4, -0.2) is 38.2 Å². The topological polar surface area (TPSA) is 81.1 Å². The zero-order valence-electron chi connectivity index (χ0n) is 14.9. The van der Waals surface area contributed by atoms with Crippen LogP contribution in [0.25, 0.3) is 0 Å². The third-order valence-electron chi connectivity index (χ3n) is 4.77. The van der Waals surface area contributed by atoms with Gasteiger partial charge in [-0.05, 0) is 17.7 Å². The smallest absolute Gasteiger partial charge is 0.326 e. The highest BCUT2D eigenvalue weighted by atomic mass is 16.6. The van der Waals surface area contributed by atoms with E-state index in [1.165, 1.54) is 11.1 Å². The number of rotatable bonds is 3. The number of carbonyl (C=O) groups excluding carboxylic acids is 2. The summed E-state index contributed by atoms with van der Waals surface area (Å²) in [7, 11) is 0. The van der Waals surface area contributed by atoms with Crippen LogP contribution in [0.3, 0.4) is 0 Å². The average molecular weight is 368 g/mol. The quantitative estimate of drug-likeness (QED) is 0.747. The summed E-state index contributed by atoms with van der Waals surface area (Å²) in [4.78, 5) is 25.5. The van der Waals surface area contributed by atoms with Gasteiger partial charge in [-0.3, -0.25) is 10.1 Å². The molecular weight excluding hydrogens is 346 g/mol. The molecule has 0 aromatic heterocycles. The van der Waals surface area contributed by atoms with Crippen molar-refractivity contribution in [2.75, 3.05) is 31.6 Å². The molecule has 0 bridgehead atoms. The van der Waals surface area contributed by atoms with Crippen molar-refractivity contribution in [3.63, 3.8) is 0 Å². The molecule has 2 aliphatic heterocycles. The molecule has 0 radical (unpaired) electrons. The molecule has 0 saturated heterocycles. The molecule has 1 unspecified atom stereocenters. The summed E-state index contributed by atoms with van der Waals surface area (Å²) in [5.41, 5.74) is 3.16. The van der Waals surface area contributed by atoms with Crippen LogP contribution in [0.1, 0.15) is 11.1 Å². The van der Waals surface area contributed by atoms with E-state index in [-0.39, 0.29) is 12.5 Å². The predicted molar refractivity (Wildman–Crippen MR) is 99.1 cm³/mol. The number of amides is 3. The fourth-order valence-corrected chi connectivity index (χ4v) is 3.48. The average Bonchev–Trinajstić information content (AvgIpc) is 2.67. The zero-order valence-corrected chi connectivity index (χ0v) is 14.9. The van der Waals surface area contributed by atoms with E-state index >= 15 is 0 Å². The Hall–Kier alpha value is -3.06. The van der Waals surface area contributed by atoms with Crippen LogP contribution in [0.15, 0.2) is 42.5 Å². The first-order chi connectivity index (χ1) is 13.2. The second-order valence-electron chi connectivity index (χ2n) is 6.73. The molecule has 140 valence electrons. The Kier molecular flexibility index (Phi) is 4.93. The van der Waals surface area contributed by atoms with Crippen LogP contribution in [-0.2, 0) is 17.8 Å². The number of hydrogen-bond donors (Lipinski definition) is 3. The number of anilines is 1. The van der Waals surface area contributed by atoms with Crippen LogP contribution in [0, 0.1) is 0 Å². The Morgan fingerprint density at radius 3 is 2.63 bits per heavy atom. The monoisotopic (exact) mass is 368 g/mol. The predicted octanol–water partition coefficient (Wildman–Crippen LogP) is 0.747. The molecule has 7 heteroatoms. The van der Waals surface area contributed by atoms with Gasteiger partial charge in [0.05, 0.1) is 6.54 Å². The van der Waals surface area contributed by atoms with E-state index in [0.29, 0.717) is 30.4 Å². The van der Waals surface area contributed by atoms with Crippen molar-refractivity contribution in [1.29, 1.82) is 0 Å². The summed E-state index contributed by atoms with van der Waals surface area (Å²) < 4.78 is 10.9. The first-order valence-electron chi connectivity index (χ1n) is 9.08. The summed E-state index contributed by atoms with van der Waals surface area (Å²) in [5, 5.41) is 5.06. The molecule has 1 atom stereocenters. The van der Waals surface area contributed by atoms with E-state index in [1.54, 1.807) is 18.2 Å². The molecule has 0 aliphatic carbocycles. The van der Waals surface area contributed by atoms with Crippen molar-refractivity contribution < 1.29 is 24.0 Å².